The fourth-order valence-electron chi connectivity index (χ4n) is 4.64. The molecule has 18 heteroatoms. The Balaban J connectivity index is 5.67. The lowest BCUT2D eigenvalue weighted by Crippen LogP contribution is -2.57. The largest absolute Gasteiger partial charge is 0.481 e. The Morgan fingerprint density at radius 3 is 1.57 bits per heavy atom. The van der Waals surface area contributed by atoms with E-state index in [1.165, 1.54) is 0 Å². The number of rotatable bonds is 24. The van der Waals surface area contributed by atoms with E-state index in [9.17, 15) is 38.7 Å². The number of carbonyl (C=O) groups excluding carboxylic acids is 5. The minimum Gasteiger partial charge on any atom is -0.481 e. The Morgan fingerprint density at radius 1 is 0.633 bits per heavy atom. The third kappa shape index (κ3) is 20.5. The van der Waals surface area contributed by atoms with Gasteiger partial charge in [-0.2, -0.15) is 0 Å². The molecule has 0 aromatic rings. The van der Waals surface area contributed by atoms with Gasteiger partial charge < -0.3 is 54.0 Å². The molecule has 0 radical (unpaired) electrons. The summed E-state index contributed by atoms with van der Waals surface area (Å²) in [6.45, 7) is 10.5. The molecule has 0 unspecified atom stereocenters. The molecule has 13 N–H and O–H groups in total. The van der Waals surface area contributed by atoms with Gasteiger partial charge in [-0.1, -0.05) is 41.5 Å². The summed E-state index contributed by atoms with van der Waals surface area (Å²) in [6.07, 6.45) is 0.386. The molecular formula is C31H57N9O9. The van der Waals surface area contributed by atoms with E-state index in [-0.39, 0.29) is 75.2 Å². The molecule has 49 heavy (non-hydrogen) atoms. The smallest absolute Gasteiger partial charge is 0.326 e. The minimum absolute atomic E-state index is 0.0108. The van der Waals surface area contributed by atoms with Crippen molar-refractivity contribution in [2.24, 2.45) is 39.9 Å². The third-order valence-electron chi connectivity index (χ3n) is 7.03. The molecule has 5 amide bonds. The summed E-state index contributed by atoms with van der Waals surface area (Å²) in [5.41, 5.74) is 16.4. The van der Waals surface area contributed by atoms with Crippen LogP contribution in [-0.2, 0) is 33.6 Å². The number of nitrogens with one attached hydrogen (secondary N) is 5. The lowest BCUT2D eigenvalue weighted by molar-refractivity contribution is -0.143. The Morgan fingerprint density at radius 2 is 1.10 bits per heavy atom. The van der Waals surface area contributed by atoms with Crippen molar-refractivity contribution in [3.05, 3.63) is 0 Å². The second-order valence-electron chi connectivity index (χ2n) is 13.2. The number of carboxylic acids is 2. The van der Waals surface area contributed by atoms with Crippen LogP contribution in [0.15, 0.2) is 4.99 Å². The molecule has 0 spiro atoms. The number of amides is 5. The lowest BCUT2D eigenvalue weighted by atomic mass is 9.99. The van der Waals surface area contributed by atoms with Crippen molar-refractivity contribution in [3.8, 4) is 0 Å². The second-order valence-corrected chi connectivity index (χ2v) is 13.2. The average Bonchev–Trinajstić information content (AvgIpc) is 2.97. The molecule has 0 saturated heterocycles. The van der Waals surface area contributed by atoms with E-state index in [4.69, 9.17) is 22.3 Å². The zero-order valence-electron chi connectivity index (χ0n) is 29.4. The summed E-state index contributed by atoms with van der Waals surface area (Å²) < 4.78 is 0. The SMILES string of the molecule is CC(C)C[C@H](NC(=O)[C@H](CC(C)C)NC(=O)[C@H](CC(C)C)NC(=O)CNC(=O)[C@H](CCCN=C(N)N)NC(=O)[C@@H](N)CCC(=O)O)C(=O)O. The fourth-order valence-corrected chi connectivity index (χ4v) is 4.64. The highest BCUT2D eigenvalue weighted by molar-refractivity contribution is 5.95. The quantitative estimate of drug-likeness (QED) is 0.0313. The van der Waals surface area contributed by atoms with Gasteiger partial charge >= 0.3 is 11.9 Å². The Hall–Kier alpha value is -4.48. The zero-order valence-corrected chi connectivity index (χ0v) is 29.4. The minimum atomic E-state index is -1.20. The first-order valence-electron chi connectivity index (χ1n) is 16.5. The molecule has 0 aliphatic rings. The number of aliphatic carboxylic acids is 2. The summed E-state index contributed by atoms with van der Waals surface area (Å²) in [6, 6.07) is -5.68. The van der Waals surface area contributed by atoms with Crippen LogP contribution in [0.1, 0.15) is 86.5 Å². The van der Waals surface area contributed by atoms with Crippen LogP contribution in [0.2, 0.25) is 0 Å². The van der Waals surface area contributed by atoms with Crippen molar-refractivity contribution in [2.45, 2.75) is 117 Å². The molecule has 0 bridgehead atoms. The van der Waals surface area contributed by atoms with Gasteiger partial charge in [0.25, 0.3) is 0 Å². The van der Waals surface area contributed by atoms with Gasteiger partial charge in [0.05, 0.1) is 12.6 Å². The first kappa shape index (κ1) is 44.5. The van der Waals surface area contributed by atoms with Crippen molar-refractivity contribution < 1.29 is 43.8 Å². The number of carboxylic acid groups (broad SMARTS) is 2. The van der Waals surface area contributed by atoms with Crippen LogP contribution in [0.5, 0.6) is 0 Å². The fraction of sp³-hybridized carbons (Fsp3) is 0.742. The zero-order chi connectivity index (χ0) is 37.8. The summed E-state index contributed by atoms with van der Waals surface area (Å²) in [5, 5.41) is 31.1. The molecule has 0 aliphatic heterocycles. The molecule has 0 fully saturated rings. The Bertz CT molecular complexity index is 1160. The van der Waals surface area contributed by atoms with Gasteiger partial charge in [0.2, 0.25) is 29.5 Å². The normalized spacial score (nSPS) is 14.2. The van der Waals surface area contributed by atoms with Crippen LogP contribution >= 0.6 is 0 Å². The average molecular weight is 700 g/mol. The molecule has 0 aromatic carbocycles. The highest BCUT2D eigenvalue weighted by Crippen LogP contribution is 2.11. The molecule has 0 rings (SSSR count). The van der Waals surface area contributed by atoms with Crippen LogP contribution < -0.4 is 43.8 Å². The number of hydrogen-bond acceptors (Lipinski definition) is 9. The van der Waals surface area contributed by atoms with Crippen molar-refractivity contribution in [1.29, 1.82) is 0 Å². The number of nitrogens with zero attached hydrogens (tertiary/aromatic N) is 1. The van der Waals surface area contributed by atoms with E-state index < -0.39 is 78.2 Å². The van der Waals surface area contributed by atoms with Gasteiger partial charge in [-0.25, -0.2) is 4.79 Å². The monoisotopic (exact) mass is 699 g/mol. The van der Waals surface area contributed by atoms with Crippen LogP contribution in [0.25, 0.3) is 0 Å². The summed E-state index contributed by atoms with van der Waals surface area (Å²) in [5.74, 6) is -6.18. The summed E-state index contributed by atoms with van der Waals surface area (Å²) in [7, 11) is 0. The van der Waals surface area contributed by atoms with E-state index in [0.717, 1.165) is 0 Å². The number of aliphatic imine (C=N–C) groups is 1. The molecular weight excluding hydrogens is 642 g/mol. The number of guanidine groups is 1. The van der Waals surface area contributed by atoms with E-state index >= 15 is 0 Å². The molecule has 5 atom stereocenters. The van der Waals surface area contributed by atoms with E-state index in [1.54, 1.807) is 0 Å². The molecule has 0 heterocycles. The number of hydrogen-bond donors (Lipinski definition) is 10. The second kappa shape index (κ2) is 23.0. The highest BCUT2D eigenvalue weighted by atomic mass is 16.4. The highest BCUT2D eigenvalue weighted by Gasteiger charge is 2.31. The first-order valence-corrected chi connectivity index (χ1v) is 16.5. The standard InChI is InChI=1S/C31H57N9O9/c1-16(2)12-21(28(46)39-22(13-17(3)4)29(47)40-23(30(48)49)14-18(5)6)37-24(41)15-36-27(45)20(8-7-11-35-31(33)34)38-26(44)19(32)9-10-25(42)43/h16-23H,7-15,32H2,1-6H3,(H,36,45)(H,37,41)(H,38,44)(H,39,46)(H,40,47)(H,42,43)(H,48,49)(H4,33,34,35)/t19-,20-,21-,22-,23-/m0/s1. The Kier molecular flexibility index (Phi) is 20.9. The van der Waals surface area contributed by atoms with Gasteiger partial charge in [0.1, 0.15) is 24.2 Å². The van der Waals surface area contributed by atoms with Gasteiger partial charge in [-0.3, -0.25) is 33.8 Å². The Labute approximate surface area is 287 Å². The summed E-state index contributed by atoms with van der Waals surface area (Å²) >= 11 is 0. The maximum atomic E-state index is 13.4. The molecule has 0 aliphatic carbocycles. The predicted molar refractivity (Wildman–Crippen MR) is 181 cm³/mol. The van der Waals surface area contributed by atoms with Gasteiger partial charge in [0.15, 0.2) is 5.96 Å². The van der Waals surface area contributed by atoms with Crippen LogP contribution in [0.4, 0.5) is 0 Å². The number of nitrogens with two attached hydrogens (primary N) is 3. The number of carbonyl (C=O) groups is 7. The van der Waals surface area contributed by atoms with Crippen molar-refractivity contribution in [3.63, 3.8) is 0 Å². The van der Waals surface area contributed by atoms with E-state index in [0.29, 0.717) is 0 Å². The first-order chi connectivity index (χ1) is 22.7. The molecule has 0 aromatic heterocycles. The van der Waals surface area contributed by atoms with Crippen LogP contribution in [0, 0.1) is 17.8 Å². The van der Waals surface area contributed by atoms with Gasteiger partial charge in [0, 0.05) is 13.0 Å². The van der Waals surface area contributed by atoms with E-state index in [2.05, 4.69) is 31.6 Å². The molecule has 0 saturated carbocycles. The predicted octanol–water partition coefficient (Wildman–Crippen LogP) is -1.49. The third-order valence-corrected chi connectivity index (χ3v) is 7.03. The molecule has 280 valence electrons. The van der Waals surface area contributed by atoms with Gasteiger partial charge in [-0.05, 0) is 56.3 Å². The van der Waals surface area contributed by atoms with Gasteiger partial charge in [-0.15, -0.1) is 0 Å². The van der Waals surface area contributed by atoms with Crippen molar-refractivity contribution >= 4 is 47.4 Å². The van der Waals surface area contributed by atoms with Crippen molar-refractivity contribution in [2.75, 3.05) is 13.1 Å². The summed E-state index contributed by atoms with van der Waals surface area (Å²) in [4.78, 5) is 91.4. The maximum Gasteiger partial charge on any atom is 0.326 e. The van der Waals surface area contributed by atoms with Crippen molar-refractivity contribution in [1.82, 2.24) is 26.6 Å². The maximum absolute atomic E-state index is 13.4. The van der Waals surface area contributed by atoms with Crippen LogP contribution in [0.3, 0.4) is 0 Å². The van der Waals surface area contributed by atoms with Crippen LogP contribution in [-0.4, -0.2) is 101 Å². The lowest BCUT2D eigenvalue weighted by Gasteiger charge is -2.26. The van der Waals surface area contributed by atoms with E-state index in [1.807, 2.05) is 41.5 Å². The topological polar surface area (TPSA) is 311 Å². The molecule has 18 nitrogen and oxygen atoms in total.